The van der Waals surface area contributed by atoms with E-state index in [1.54, 1.807) is 7.11 Å². The van der Waals surface area contributed by atoms with Crippen molar-refractivity contribution in [2.75, 3.05) is 7.11 Å². The van der Waals surface area contributed by atoms with E-state index in [0.717, 1.165) is 0 Å². The number of ether oxygens (including phenoxy) is 1. The summed E-state index contributed by atoms with van der Waals surface area (Å²) in [5.74, 6) is 1.88. The monoisotopic (exact) mass is 179 g/mol. The highest BCUT2D eigenvalue weighted by atomic mass is 16.5. The van der Waals surface area contributed by atoms with Crippen LogP contribution in [-0.2, 0) is 0 Å². The highest BCUT2D eigenvalue weighted by Gasteiger charge is 2.09. The molecule has 72 valence electrons. The van der Waals surface area contributed by atoms with E-state index >= 15 is 0 Å². The topological polar surface area (TPSA) is 22.1 Å². The molecular weight excluding hydrogens is 162 g/mol. The van der Waals surface area contributed by atoms with Crippen molar-refractivity contribution in [2.45, 2.75) is 26.7 Å². The summed E-state index contributed by atoms with van der Waals surface area (Å²) >= 11 is 0. The fourth-order valence-corrected chi connectivity index (χ4v) is 1.17. The van der Waals surface area contributed by atoms with Crippen LogP contribution in [0.25, 0.3) is 0 Å². The maximum Gasteiger partial charge on any atom is 0.212 e. The molecule has 1 unspecified atom stereocenters. The quantitative estimate of drug-likeness (QED) is 0.711. The van der Waals surface area contributed by atoms with Gasteiger partial charge in [-0.3, -0.25) is 0 Å². The SMILES string of the molecule is COc1ccc(C(C)C(C)C)cn1. The molecule has 0 N–H and O–H groups in total. The second-order valence-electron chi connectivity index (χ2n) is 3.67. The molecule has 0 saturated carbocycles. The zero-order valence-electron chi connectivity index (χ0n) is 8.74. The molecule has 1 aromatic rings. The van der Waals surface area contributed by atoms with E-state index in [9.17, 15) is 0 Å². The third kappa shape index (κ3) is 2.44. The van der Waals surface area contributed by atoms with E-state index in [1.807, 2.05) is 12.3 Å². The van der Waals surface area contributed by atoms with E-state index in [-0.39, 0.29) is 0 Å². The molecule has 0 fully saturated rings. The van der Waals surface area contributed by atoms with Gasteiger partial charge in [0.05, 0.1) is 7.11 Å². The molecule has 1 heterocycles. The molecule has 1 rings (SSSR count). The lowest BCUT2D eigenvalue weighted by atomic mass is 9.92. The average molecular weight is 179 g/mol. The molecule has 0 aliphatic carbocycles. The van der Waals surface area contributed by atoms with Gasteiger partial charge in [0.25, 0.3) is 0 Å². The smallest absolute Gasteiger partial charge is 0.212 e. The highest BCUT2D eigenvalue weighted by molar-refractivity contribution is 5.20. The maximum absolute atomic E-state index is 5.00. The Morgan fingerprint density at radius 2 is 1.92 bits per heavy atom. The second kappa shape index (κ2) is 4.26. The number of nitrogens with zero attached hydrogens (tertiary/aromatic N) is 1. The molecule has 1 aromatic heterocycles. The zero-order valence-corrected chi connectivity index (χ0v) is 8.74. The first-order valence-corrected chi connectivity index (χ1v) is 4.65. The third-order valence-corrected chi connectivity index (χ3v) is 2.49. The Morgan fingerprint density at radius 3 is 2.31 bits per heavy atom. The fourth-order valence-electron chi connectivity index (χ4n) is 1.17. The van der Waals surface area contributed by atoms with E-state index in [0.29, 0.717) is 17.7 Å². The lowest BCUT2D eigenvalue weighted by molar-refractivity contribution is 0.397. The normalized spacial score (nSPS) is 13.0. The van der Waals surface area contributed by atoms with Gasteiger partial charge in [-0.15, -0.1) is 0 Å². The van der Waals surface area contributed by atoms with Crippen molar-refractivity contribution >= 4 is 0 Å². The van der Waals surface area contributed by atoms with Crippen molar-refractivity contribution in [3.8, 4) is 5.88 Å². The van der Waals surface area contributed by atoms with Crippen LogP contribution in [0.1, 0.15) is 32.3 Å². The van der Waals surface area contributed by atoms with Gasteiger partial charge >= 0.3 is 0 Å². The van der Waals surface area contributed by atoms with Gasteiger partial charge < -0.3 is 4.74 Å². The van der Waals surface area contributed by atoms with Gasteiger partial charge in [0, 0.05) is 12.3 Å². The van der Waals surface area contributed by atoms with Gasteiger partial charge in [-0.05, 0) is 17.4 Å². The molecule has 2 heteroatoms. The Morgan fingerprint density at radius 1 is 1.23 bits per heavy atom. The summed E-state index contributed by atoms with van der Waals surface area (Å²) in [4.78, 5) is 4.18. The van der Waals surface area contributed by atoms with Crippen molar-refractivity contribution in [3.63, 3.8) is 0 Å². The van der Waals surface area contributed by atoms with Gasteiger partial charge in [0.2, 0.25) is 5.88 Å². The van der Waals surface area contributed by atoms with Crippen LogP contribution in [0, 0.1) is 5.92 Å². The summed E-state index contributed by atoms with van der Waals surface area (Å²) in [5.41, 5.74) is 1.27. The van der Waals surface area contributed by atoms with Crippen LogP contribution in [0.2, 0.25) is 0 Å². The molecule has 2 nitrogen and oxygen atoms in total. The molecule has 13 heavy (non-hydrogen) atoms. The van der Waals surface area contributed by atoms with Gasteiger partial charge in [-0.1, -0.05) is 26.8 Å². The first-order chi connectivity index (χ1) is 6.15. The highest BCUT2D eigenvalue weighted by Crippen LogP contribution is 2.23. The number of aromatic nitrogens is 1. The lowest BCUT2D eigenvalue weighted by Crippen LogP contribution is -2.02. The molecule has 0 aliphatic heterocycles. The predicted octanol–water partition coefficient (Wildman–Crippen LogP) is 2.85. The van der Waals surface area contributed by atoms with E-state index < -0.39 is 0 Å². The summed E-state index contributed by atoms with van der Waals surface area (Å²) in [6.07, 6.45) is 1.89. The summed E-state index contributed by atoms with van der Waals surface area (Å²) < 4.78 is 5.00. The Balaban J connectivity index is 2.79. The Hall–Kier alpha value is -1.05. The van der Waals surface area contributed by atoms with Crippen LogP contribution in [0.4, 0.5) is 0 Å². The fraction of sp³-hybridized carbons (Fsp3) is 0.545. The summed E-state index contributed by atoms with van der Waals surface area (Å²) in [5, 5.41) is 0. The molecular formula is C11H17NO. The number of methoxy groups -OCH3 is 1. The van der Waals surface area contributed by atoms with Crippen LogP contribution >= 0.6 is 0 Å². The summed E-state index contributed by atoms with van der Waals surface area (Å²) in [7, 11) is 1.63. The molecule has 0 aromatic carbocycles. The second-order valence-corrected chi connectivity index (χ2v) is 3.67. The molecule has 0 amide bonds. The van der Waals surface area contributed by atoms with Crippen molar-refractivity contribution in [3.05, 3.63) is 23.9 Å². The van der Waals surface area contributed by atoms with Crippen molar-refractivity contribution in [1.29, 1.82) is 0 Å². The van der Waals surface area contributed by atoms with Crippen LogP contribution in [0.5, 0.6) is 5.88 Å². The van der Waals surface area contributed by atoms with Gasteiger partial charge in [-0.2, -0.15) is 0 Å². The van der Waals surface area contributed by atoms with Crippen LogP contribution in [0.3, 0.4) is 0 Å². The minimum atomic E-state index is 0.554. The first kappa shape index (κ1) is 10.0. The van der Waals surface area contributed by atoms with Crippen molar-refractivity contribution in [1.82, 2.24) is 4.98 Å². The minimum Gasteiger partial charge on any atom is -0.481 e. The Bertz CT molecular complexity index is 253. The minimum absolute atomic E-state index is 0.554. The van der Waals surface area contributed by atoms with Gasteiger partial charge in [0.1, 0.15) is 0 Å². The van der Waals surface area contributed by atoms with Crippen LogP contribution < -0.4 is 4.74 Å². The van der Waals surface area contributed by atoms with Crippen LogP contribution in [-0.4, -0.2) is 12.1 Å². The van der Waals surface area contributed by atoms with Gasteiger partial charge in [-0.25, -0.2) is 4.98 Å². The molecule has 0 bridgehead atoms. The number of rotatable bonds is 3. The largest absolute Gasteiger partial charge is 0.481 e. The number of hydrogen-bond acceptors (Lipinski definition) is 2. The standard InChI is InChI=1S/C11H17NO/c1-8(2)9(3)10-5-6-11(13-4)12-7-10/h5-9H,1-4H3. The van der Waals surface area contributed by atoms with Crippen molar-refractivity contribution in [2.24, 2.45) is 5.92 Å². The molecule has 1 atom stereocenters. The first-order valence-electron chi connectivity index (χ1n) is 4.65. The predicted molar refractivity (Wildman–Crippen MR) is 54.0 cm³/mol. The van der Waals surface area contributed by atoms with Crippen molar-refractivity contribution < 1.29 is 4.74 Å². The zero-order chi connectivity index (χ0) is 9.84. The molecule has 0 radical (unpaired) electrons. The summed E-state index contributed by atoms with van der Waals surface area (Å²) in [6, 6.07) is 3.99. The lowest BCUT2D eigenvalue weighted by Gasteiger charge is -2.15. The summed E-state index contributed by atoms with van der Waals surface area (Å²) in [6.45, 7) is 6.65. The molecule has 0 aliphatic rings. The van der Waals surface area contributed by atoms with E-state index in [4.69, 9.17) is 4.74 Å². The van der Waals surface area contributed by atoms with E-state index in [2.05, 4.69) is 31.8 Å². The van der Waals surface area contributed by atoms with E-state index in [1.165, 1.54) is 5.56 Å². The average Bonchev–Trinajstić information content (AvgIpc) is 2.17. The Labute approximate surface area is 80.0 Å². The van der Waals surface area contributed by atoms with Crippen LogP contribution in [0.15, 0.2) is 18.3 Å². The Kier molecular flexibility index (Phi) is 3.29. The van der Waals surface area contributed by atoms with Gasteiger partial charge in [0.15, 0.2) is 0 Å². The molecule has 0 saturated heterocycles. The molecule has 0 spiro atoms. The third-order valence-electron chi connectivity index (χ3n) is 2.49. The number of hydrogen-bond donors (Lipinski definition) is 0. The maximum atomic E-state index is 5.00. The number of pyridine rings is 1.